The lowest BCUT2D eigenvalue weighted by atomic mass is 10.2. The number of nitrogens with zero attached hydrogens (tertiary/aromatic N) is 1. The van der Waals surface area contributed by atoms with Crippen molar-refractivity contribution in [2.75, 3.05) is 25.0 Å². The van der Waals surface area contributed by atoms with Crippen molar-refractivity contribution in [2.45, 2.75) is 37.5 Å². The van der Waals surface area contributed by atoms with E-state index >= 15 is 0 Å². The zero-order valence-electron chi connectivity index (χ0n) is 16.4. The molecule has 0 aliphatic carbocycles. The second-order valence-electron chi connectivity index (χ2n) is 6.87. The molecular weight excluding hydrogens is 412 g/mol. The minimum Gasteiger partial charge on any atom is -0.492 e. The zero-order valence-corrected chi connectivity index (χ0v) is 17.9. The SMILES string of the molecule is CCOc1ccc(S(=O)(=O)N2CCCCCC2)cc1NC(=O)c1cccc(Cl)c1. The molecule has 2 aromatic carbocycles. The van der Waals surface area contributed by atoms with Gasteiger partial charge in [0.1, 0.15) is 5.75 Å². The summed E-state index contributed by atoms with van der Waals surface area (Å²) in [6.45, 7) is 3.24. The molecule has 0 unspecified atom stereocenters. The minimum atomic E-state index is -3.64. The number of hydrogen-bond donors (Lipinski definition) is 1. The molecule has 0 bridgehead atoms. The van der Waals surface area contributed by atoms with Crippen LogP contribution in [0.2, 0.25) is 5.02 Å². The number of amides is 1. The van der Waals surface area contributed by atoms with Crippen molar-refractivity contribution in [3.05, 3.63) is 53.1 Å². The van der Waals surface area contributed by atoms with Crippen LogP contribution in [0, 0.1) is 0 Å². The lowest BCUT2D eigenvalue weighted by Gasteiger charge is -2.21. The first kappa shape index (κ1) is 21.6. The van der Waals surface area contributed by atoms with Crippen LogP contribution in [0.3, 0.4) is 0 Å². The van der Waals surface area contributed by atoms with Crippen LogP contribution in [0.25, 0.3) is 0 Å². The van der Waals surface area contributed by atoms with E-state index in [9.17, 15) is 13.2 Å². The van der Waals surface area contributed by atoms with Crippen LogP contribution >= 0.6 is 11.6 Å². The lowest BCUT2D eigenvalue weighted by molar-refractivity contribution is 0.102. The fourth-order valence-electron chi connectivity index (χ4n) is 3.30. The van der Waals surface area contributed by atoms with Gasteiger partial charge in [-0.15, -0.1) is 0 Å². The number of anilines is 1. The van der Waals surface area contributed by atoms with Gasteiger partial charge >= 0.3 is 0 Å². The maximum Gasteiger partial charge on any atom is 0.255 e. The van der Waals surface area contributed by atoms with Gasteiger partial charge in [-0.3, -0.25) is 4.79 Å². The molecule has 1 fully saturated rings. The van der Waals surface area contributed by atoms with Gasteiger partial charge in [-0.25, -0.2) is 8.42 Å². The van der Waals surface area contributed by atoms with E-state index in [0.29, 0.717) is 41.7 Å². The normalized spacial score (nSPS) is 15.5. The largest absolute Gasteiger partial charge is 0.492 e. The number of carbonyl (C=O) groups excluding carboxylic acids is 1. The van der Waals surface area contributed by atoms with Crippen LogP contribution in [-0.2, 0) is 10.0 Å². The quantitative estimate of drug-likeness (QED) is 0.720. The van der Waals surface area contributed by atoms with Crippen molar-refractivity contribution in [1.29, 1.82) is 0 Å². The number of carbonyl (C=O) groups is 1. The third-order valence-electron chi connectivity index (χ3n) is 4.79. The molecule has 3 rings (SSSR count). The first-order valence-electron chi connectivity index (χ1n) is 9.75. The molecular formula is C21H25ClN2O4S. The Hall–Kier alpha value is -2.09. The van der Waals surface area contributed by atoms with Crippen molar-refractivity contribution in [3.8, 4) is 5.75 Å². The highest BCUT2D eigenvalue weighted by Crippen LogP contribution is 2.30. The van der Waals surface area contributed by atoms with Gasteiger partial charge in [0.05, 0.1) is 17.2 Å². The Morgan fingerprint density at radius 3 is 2.48 bits per heavy atom. The molecule has 1 amide bonds. The summed E-state index contributed by atoms with van der Waals surface area (Å²) >= 11 is 5.97. The average molecular weight is 437 g/mol. The molecule has 8 heteroatoms. The number of ether oxygens (including phenoxy) is 1. The molecule has 0 radical (unpaired) electrons. The van der Waals surface area contributed by atoms with Gasteiger partial charge in [0, 0.05) is 23.7 Å². The summed E-state index contributed by atoms with van der Waals surface area (Å²) in [6, 6.07) is 11.1. The van der Waals surface area contributed by atoms with Crippen LogP contribution in [0.5, 0.6) is 5.75 Å². The maximum absolute atomic E-state index is 13.1. The van der Waals surface area contributed by atoms with Crippen LogP contribution < -0.4 is 10.1 Å². The Bertz CT molecular complexity index is 970. The van der Waals surface area contributed by atoms with Crippen molar-refractivity contribution in [1.82, 2.24) is 4.31 Å². The highest BCUT2D eigenvalue weighted by Gasteiger charge is 2.26. The minimum absolute atomic E-state index is 0.143. The van der Waals surface area contributed by atoms with Gasteiger partial charge in [0.25, 0.3) is 5.91 Å². The third kappa shape index (κ3) is 5.29. The molecule has 0 atom stereocenters. The summed E-state index contributed by atoms with van der Waals surface area (Å²) < 4.78 is 33.3. The smallest absolute Gasteiger partial charge is 0.255 e. The summed E-state index contributed by atoms with van der Waals surface area (Å²) in [5, 5.41) is 3.21. The zero-order chi connectivity index (χ0) is 20.9. The monoisotopic (exact) mass is 436 g/mol. The number of benzene rings is 2. The molecule has 6 nitrogen and oxygen atoms in total. The van der Waals surface area contributed by atoms with Crippen LogP contribution in [0.15, 0.2) is 47.4 Å². The fraction of sp³-hybridized carbons (Fsp3) is 0.381. The van der Waals surface area contributed by atoms with Gasteiger partial charge in [-0.05, 0) is 56.2 Å². The van der Waals surface area contributed by atoms with Gasteiger partial charge in [0.15, 0.2) is 0 Å². The van der Waals surface area contributed by atoms with Crippen molar-refractivity contribution < 1.29 is 17.9 Å². The maximum atomic E-state index is 13.1. The predicted molar refractivity (Wildman–Crippen MR) is 114 cm³/mol. The molecule has 1 aliphatic rings. The molecule has 0 aromatic heterocycles. The first-order valence-corrected chi connectivity index (χ1v) is 11.6. The van der Waals surface area contributed by atoms with Crippen molar-refractivity contribution in [3.63, 3.8) is 0 Å². The Morgan fingerprint density at radius 2 is 1.83 bits per heavy atom. The van der Waals surface area contributed by atoms with Gasteiger partial charge in [0.2, 0.25) is 10.0 Å². The van der Waals surface area contributed by atoms with Gasteiger partial charge in [-0.1, -0.05) is 30.5 Å². The summed E-state index contributed by atoms with van der Waals surface area (Å²) in [4.78, 5) is 12.8. The van der Waals surface area contributed by atoms with E-state index < -0.39 is 15.9 Å². The summed E-state index contributed by atoms with van der Waals surface area (Å²) in [5.41, 5.74) is 0.688. The van der Waals surface area contributed by atoms with E-state index in [2.05, 4.69) is 5.32 Å². The van der Waals surface area contributed by atoms with Crippen molar-refractivity contribution >= 4 is 33.2 Å². The summed E-state index contributed by atoms with van der Waals surface area (Å²) in [5.74, 6) is 0.0236. The molecule has 29 heavy (non-hydrogen) atoms. The molecule has 156 valence electrons. The fourth-order valence-corrected chi connectivity index (χ4v) is 5.04. The molecule has 1 N–H and O–H groups in total. The molecule has 0 spiro atoms. The second-order valence-corrected chi connectivity index (χ2v) is 9.25. The Morgan fingerprint density at radius 1 is 1.10 bits per heavy atom. The highest BCUT2D eigenvalue weighted by molar-refractivity contribution is 7.89. The summed E-state index contributed by atoms with van der Waals surface area (Å²) in [6.07, 6.45) is 3.79. The average Bonchev–Trinajstić information content (AvgIpc) is 2.99. The standard InChI is InChI=1S/C21H25ClN2O4S/c1-2-28-20-11-10-18(29(26,27)24-12-5-3-4-6-13-24)15-19(20)23-21(25)16-8-7-9-17(22)14-16/h7-11,14-15H,2-6,12-13H2,1H3,(H,23,25). The topological polar surface area (TPSA) is 75.7 Å². The Labute approximate surface area is 176 Å². The van der Waals surface area contributed by atoms with Gasteiger partial charge in [-0.2, -0.15) is 4.31 Å². The molecule has 1 saturated heterocycles. The van der Waals surface area contributed by atoms with Crippen LogP contribution in [-0.4, -0.2) is 38.3 Å². The predicted octanol–water partition coefficient (Wildman–Crippen LogP) is 4.56. The number of nitrogens with one attached hydrogen (secondary N) is 1. The molecule has 1 heterocycles. The van der Waals surface area contributed by atoms with E-state index in [1.807, 2.05) is 6.92 Å². The van der Waals surface area contributed by atoms with Crippen LogP contribution in [0.1, 0.15) is 43.0 Å². The van der Waals surface area contributed by atoms with Gasteiger partial charge < -0.3 is 10.1 Å². The first-order chi connectivity index (χ1) is 13.9. The van der Waals surface area contributed by atoms with Crippen LogP contribution in [0.4, 0.5) is 5.69 Å². The summed E-state index contributed by atoms with van der Waals surface area (Å²) in [7, 11) is -3.64. The number of hydrogen-bond acceptors (Lipinski definition) is 4. The van der Waals surface area contributed by atoms with E-state index in [0.717, 1.165) is 25.7 Å². The molecule has 1 aliphatic heterocycles. The highest BCUT2D eigenvalue weighted by atomic mass is 35.5. The van der Waals surface area contributed by atoms with E-state index in [-0.39, 0.29) is 4.90 Å². The molecule has 2 aromatic rings. The van der Waals surface area contributed by atoms with E-state index in [4.69, 9.17) is 16.3 Å². The number of sulfonamides is 1. The van der Waals surface area contributed by atoms with E-state index in [1.54, 1.807) is 30.3 Å². The number of rotatable bonds is 6. The number of halogens is 1. The lowest BCUT2D eigenvalue weighted by Crippen LogP contribution is -2.32. The Balaban J connectivity index is 1.92. The third-order valence-corrected chi connectivity index (χ3v) is 6.92. The van der Waals surface area contributed by atoms with Crippen molar-refractivity contribution in [2.24, 2.45) is 0 Å². The second kappa shape index (κ2) is 9.61. The molecule has 0 saturated carbocycles. The van der Waals surface area contributed by atoms with E-state index in [1.165, 1.54) is 16.4 Å². The Kier molecular flexibility index (Phi) is 7.16.